The number of ether oxygens (including phenoxy) is 3. The van der Waals surface area contributed by atoms with Gasteiger partial charge in [-0.05, 0) is 46.3 Å². The van der Waals surface area contributed by atoms with Crippen molar-refractivity contribution in [2.45, 2.75) is 82.4 Å². The molecule has 314 valence electrons. The van der Waals surface area contributed by atoms with Crippen molar-refractivity contribution in [1.82, 2.24) is 9.80 Å². The number of fused-ring (bicyclic) bond motifs is 5. The predicted molar refractivity (Wildman–Crippen MR) is 241 cm³/mol. The summed E-state index contributed by atoms with van der Waals surface area (Å²) in [7, 11) is 0.182. The Morgan fingerprint density at radius 1 is 0.852 bits per heavy atom. The Balaban J connectivity index is 1.27. The minimum atomic E-state index is -3.00. The molecule has 8 rings (SSSR count). The number of benzene rings is 5. The fraction of sp³-hybridized carbons (Fsp3) is 0.333. The highest BCUT2D eigenvalue weighted by atomic mass is 28.4. The van der Waals surface area contributed by atoms with Crippen LogP contribution >= 0.6 is 0 Å². The number of carbonyl (C=O) groups excluding carboxylic acids is 1. The summed E-state index contributed by atoms with van der Waals surface area (Å²) in [5.41, 5.74) is 4.03. The average molecular weight is 834 g/mol. The number of aromatic hydroxyl groups is 1. The summed E-state index contributed by atoms with van der Waals surface area (Å²) in [5.74, 6) is 0.765. The highest BCUT2D eigenvalue weighted by Gasteiger charge is 2.62. The fourth-order valence-corrected chi connectivity index (χ4v) is 15.2. The molecule has 10 heteroatoms. The van der Waals surface area contributed by atoms with Crippen molar-refractivity contribution in [3.8, 4) is 23.3 Å². The van der Waals surface area contributed by atoms with Crippen molar-refractivity contribution in [3.05, 3.63) is 155 Å². The summed E-state index contributed by atoms with van der Waals surface area (Å²) in [6.45, 7) is 9.10. The number of amides is 1. The van der Waals surface area contributed by atoms with Gasteiger partial charge in [0.1, 0.15) is 18.4 Å². The molecule has 2 fully saturated rings. The molecule has 61 heavy (non-hydrogen) atoms. The molecule has 0 unspecified atom stereocenters. The first kappa shape index (κ1) is 41.9. The van der Waals surface area contributed by atoms with E-state index >= 15 is 0 Å². The molecule has 3 aliphatic heterocycles. The summed E-state index contributed by atoms with van der Waals surface area (Å²) in [6, 6.07) is 40.9. The van der Waals surface area contributed by atoms with Crippen LogP contribution in [0.25, 0.3) is 6.08 Å². The Morgan fingerprint density at radius 2 is 1.43 bits per heavy atom. The smallest absolute Gasteiger partial charge is 0.410 e. The first-order chi connectivity index (χ1) is 29.5. The number of nitriles is 1. The van der Waals surface area contributed by atoms with Gasteiger partial charge in [-0.1, -0.05) is 154 Å². The third kappa shape index (κ3) is 7.39. The second-order valence-corrected chi connectivity index (χ2v) is 21.7. The lowest BCUT2D eigenvalue weighted by molar-refractivity contribution is -0.0380. The average Bonchev–Trinajstić information content (AvgIpc) is 3.59. The molecule has 0 radical (unpaired) electrons. The minimum absolute atomic E-state index is 0.0252. The Bertz CT molecular complexity index is 2360. The summed E-state index contributed by atoms with van der Waals surface area (Å²) < 4.78 is 25.7. The summed E-state index contributed by atoms with van der Waals surface area (Å²) >= 11 is 0. The van der Waals surface area contributed by atoms with Crippen LogP contribution in [0.2, 0.25) is 5.04 Å². The van der Waals surface area contributed by atoms with Gasteiger partial charge in [0.25, 0.3) is 8.32 Å². The largest absolute Gasteiger partial charge is 0.504 e. The van der Waals surface area contributed by atoms with Gasteiger partial charge in [-0.25, -0.2) is 4.79 Å². The summed E-state index contributed by atoms with van der Waals surface area (Å²) in [6.07, 6.45) is 4.67. The van der Waals surface area contributed by atoms with Gasteiger partial charge in [0.2, 0.25) is 0 Å². The number of nitrogens with zero attached hydrogens (tertiary/aromatic N) is 3. The first-order valence-electron chi connectivity index (χ1n) is 21.1. The molecule has 5 aromatic carbocycles. The van der Waals surface area contributed by atoms with E-state index in [9.17, 15) is 15.2 Å². The number of hydrogen-bond donors (Lipinski definition) is 1. The maximum Gasteiger partial charge on any atom is 0.410 e. The van der Waals surface area contributed by atoms with Crippen molar-refractivity contribution < 1.29 is 28.5 Å². The zero-order chi connectivity index (χ0) is 42.9. The molecule has 3 heterocycles. The van der Waals surface area contributed by atoms with Gasteiger partial charge in [-0.2, -0.15) is 5.26 Å². The topological polar surface area (TPSA) is 104 Å². The van der Waals surface area contributed by atoms with Gasteiger partial charge >= 0.3 is 6.09 Å². The molecular weight excluding hydrogens is 779 g/mol. The van der Waals surface area contributed by atoms with Gasteiger partial charge in [-0.15, -0.1) is 0 Å². The molecule has 9 nitrogen and oxygen atoms in total. The summed E-state index contributed by atoms with van der Waals surface area (Å²) in [5, 5.41) is 25.7. The van der Waals surface area contributed by atoms with Crippen molar-refractivity contribution in [1.29, 1.82) is 5.26 Å². The van der Waals surface area contributed by atoms with Crippen LogP contribution in [0, 0.1) is 24.2 Å². The molecule has 2 saturated heterocycles. The highest BCUT2D eigenvalue weighted by molar-refractivity contribution is 6.99. The molecule has 3 aliphatic rings. The lowest BCUT2D eigenvalue weighted by atomic mass is 9.79. The number of hydrogen-bond acceptors (Lipinski definition) is 8. The minimum Gasteiger partial charge on any atom is -0.504 e. The van der Waals surface area contributed by atoms with Crippen molar-refractivity contribution in [3.63, 3.8) is 0 Å². The van der Waals surface area contributed by atoms with Crippen LogP contribution in [-0.4, -0.2) is 74.3 Å². The third-order valence-electron chi connectivity index (χ3n) is 13.1. The van der Waals surface area contributed by atoms with Crippen molar-refractivity contribution >= 4 is 30.9 Å². The van der Waals surface area contributed by atoms with Crippen LogP contribution in [-0.2, 0) is 22.2 Å². The molecule has 0 aromatic heterocycles. The maximum absolute atomic E-state index is 14.7. The van der Waals surface area contributed by atoms with Crippen LogP contribution < -0.4 is 19.8 Å². The first-order valence-corrected chi connectivity index (χ1v) is 23.1. The van der Waals surface area contributed by atoms with Gasteiger partial charge in [0.15, 0.2) is 11.5 Å². The zero-order valence-electron chi connectivity index (χ0n) is 35.8. The Kier molecular flexibility index (Phi) is 11.8. The third-order valence-corrected chi connectivity index (χ3v) is 18.1. The maximum atomic E-state index is 14.7. The number of phenolic OH excluding ortho intramolecular Hbond substituents is 1. The lowest BCUT2D eigenvalue weighted by Crippen LogP contribution is -2.69. The van der Waals surface area contributed by atoms with Crippen LogP contribution in [0.15, 0.2) is 127 Å². The van der Waals surface area contributed by atoms with Crippen LogP contribution in [0.1, 0.15) is 61.1 Å². The van der Waals surface area contributed by atoms with Crippen LogP contribution in [0.4, 0.5) is 4.79 Å². The Labute approximate surface area is 360 Å². The SMILES string of the molecule is COc1c(C)c(OC)c2c(c1O)[C@H](/C=C/c1ccccc1)N1[C@@H](C#N)[C@@H]3[C@H](CO[Si](c4ccccc4)(c4ccccc4)C(C)(C)C)C[C@H]([C@@H]1C2)N3C(=O)OCc1ccccc1. The van der Waals surface area contributed by atoms with E-state index < -0.39 is 32.5 Å². The lowest BCUT2D eigenvalue weighted by Gasteiger charge is -2.54. The molecule has 6 atom stereocenters. The van der Waals surface area contributed by atoms with E-state index in [2.05, 4.69) is 86.3 Å². The van der Waals surface area contributed by atoms with E-state index in [1.165, 1.54) is 0 Å². The number of carbonyl (C=O) groups is 1. The number of rotatable bonds is 11. The summed E-state index contributed by atoms with van der Waals surface area (Å²) in [4.78, 5) is 18.8. The number of phenols is 1. The molecule has 1 N–H and O–H groups in total. The normalized spacial score (nSPS) is 22.3. The van der Waals surface area contributed by atoms with Crippen molar-refractivity contribution in [2.75, 3.05) is 20.8 Å². The second-order valence-electron chi connectivity index (χ2n) is 17.4. The van der Waals surface area contributed by atoms with Crippen LogP contribution in [0.3, 0.4) is 0 Å². The van der Waals surface area contributed by atoms with E-state index in [-0.39, 0.29) is 35.4 Å². The van der Waals surface area contributed by atoms with E-state index in [1.807, 2.05) is 90.7 Å². The highest BCUT2D eigenvalue weighted by Crippen LogP contribution is 2.56. The number of piperazine rings is 1. The predicted octanol–water partition coefficient (Wildman–Crippen LogP) is 8.58. The molecular formula is C51H55N3O6Si. The van der Waals surface area contributed by atoms with Gasteiger partial charge in [0, 0.05) is 35.3 Å². The molecule has 1 amide bonds. The fourth-order valence-electron chi connectivity index (χ4n) is 10.6. The Hall–Kier alpha value is -5.86. The van der Waals surface area contributed by atoms with Gasteiger partial charge in [-0.3, -0.25) is 9.80 Å². The van der Waals surface area contributed by atoms with Crippen molar-refractivity contribution in [2.24, 2.45) is 5.92 Å². The number of methoxy groups -OCH3 is 2. The van der Waals surface area contributed by atoms with E-state index in [4.69, 9.17) is 18.6 Å². The molecule has 5 aromatic rings. The monoisotopic (exact) mass is 833 g/mol. The van der Waals surface area contributed by atoms with E-state index in [0.29, 0.717) is 42.1 Å². The zero-order valence-corrected chi connectivity index (χ0v) is 36.8. The van der Waals surface area contributed by atoms with E-state index in [1.54, 1.807) is 14.2 Å². The quantitative estimate of drug-likeness (QED) is 0.132. The molecule has 0 aliphatic carbocycles. The van der Waals surface area contributed by atoms with Gasteiger partial charge < -0.3 is 23.7 Å². The molecule has 0 saturated carbocycles. The molecule has 2 bridgehead atoms. The van der Waals surface area contributed by atoms with Gasteiger partial charge in [0.05, 0.1) is 38.4 Å². The standard InChI is InChI=1S/C51H55N3O6Si/c1-34-48(57-5)40-30-43-42-29-37(33-60-61(51(2,3)4,38-23-15-9-16-24-38)39-25-17-10-18-26-39)46(54(42)50(56)59-32-36-21-13-8-14-22-36)44(31-52)53(43)41(45(40)47(55)49(34)58-6)28-27-35-19-11-7-12-20-35/h7-28,37,41-44,46,55H,29-30,32-33H2,1-6H3/b28-27+/t37-,41-,42+,43-,44-,46-/m0/s1. The molecule has 0 spiro atoms. The van der Waals surface area contributed by atoms with E-state index in [0.717, 1.165) is 27.1 Å². The Morgan fingerprint density at radius 3 is 1.98 bits per heavy atom. The van der Waals surface area contributed by atoms with Crippen LogP contribution in [0.5, 0.6) is 17.2 Å². The second kappa shape index (κ2) is 17.2.